The third-order valence-corrected chi connectivity index (χ3v) is 12.9. The average molecular weight is 724 g/mol. The van der Waals surface area contributed by atoms with Gasteiger partial charge in [-0.05, 0) is 78.8 Å². The highest BCUT2D eigenvalue weighted by atomic mass is 35.5. The molecule has 1 aromatic heterocycles. The maximum absolute atomic E-state index is 14.1. The molecule has 0 spiro atoms. The van der Waals surface area contributed by atoms with Crippen LogP contribution in [0, 0.1) is 39.7 Å². The number of benzene rings is 3. The molecule has 4 aliphatic rings. The number of nitro benzene ring substituents is 1. The van der Waals surface area contributed by atoms with Gasteiger partial charge in [-0.15, -0.1) is 11.8 Å². The van der Waals surface area contributed by atoms with Gasteiger partial charge < -0.3 is 15.0 Å². The summed E-state index contributed by atoms with van der Waals surface area (Å²) in [5.74, 6) is -2.55. The number of thiazole rings is 1. The summed E-state index contributed by atoms with van der Waals surface area (Å²) in [5, 5.41) is 15.6. The number of carbonyl (C=O) groups is 3. The smallest absolute Gasteiger partial charge is 0.305 e. The van der Waals surface area contributed by atoms with Crippen LogP contribution < -0.4 is 19.8 Å². The number of aromatic amines is 1. The van der Waals surface area contributed by atoms with Gasteiger partial charge >= 0.3 is 4.87 Å². The molecule has 7 atom stereocenters. The van der Waals surface area contributed by atoms with Crippen molar-refractivity contribution in [1.29, 1.82) is 0 Å². The van der Waals surface area contributed by atoms with E-state index >= 15 is 0 Å². The maximum atomic E-state index is 14.1. The Kier molecular flexibility index (Phi) is 7.62. The number of amides is 3. The second kappa shape index (κ2) is 11.8. The summed E-state index contributed by atoms with van der Waals surface area (Å²) in [6.45, 7) is -0.295. The molecule has 48 heavy (non-hydrogen) atoms. The zero-order valence-corrected chi connectivity index (χ0v) is 27.8. The van der Waals surface area contributed by atoms with Gasteiger partial charge in [0.15, 0.2) is 6.61 Å². The second-order valence-corrected chi connectivity index (χ2v) is 15.3. The van der Waals surface area contributed by atoms with E-state index < -0.39 is 22.7 Å². The Morgan fingerprint density at radius 2 is 1.67 bits per heavy atom. The van der Waals surface area contributed by atoms with E-state index in [9.17, 15) is 29.3 Å². The standard InChI is InChI=1S/C33H24Cl2N4O7S2/c34-14-1-4-16(5-2-14)36-23(40)13-46-22-10-3-15(35)11-19(22)24-25-20-12-21(28(25)47-30-29(24)48-33(43)37-30)27-26(20)31(41)38(32(27)42)17-6-8-18(9-7-17)39(44)45/h1-11,20-21,24-28H,12-13H2,(H,36,40)(H,37,43)/t20-,21-,24-,25?,26?,27?,28?/m1/s1. The number of aromatic nitrogens is 1. The van der Waals surface area contributed by atoms with E-state index in [1.807, 2.05) is 0 Å². The monoisotopic (exact) mass is 722 g/mol. The van der Waals surface area contributed by atoms with Crippen molar-refractivity contribution in [3.8, 4) is 5.75 Å². The number of halogens is 2. The molecule has 4 aromatic rings. The van der Waals surface area contributed by atoms with E-state index in [4.69, 9.17) is 27.9 Å². The van der Waals surface area contributed by atoms with Crippen molar-refractivity contribution in [2.45, 2.75) is 22.6 Å². The molecule has 244 valence electrons. The zero-order chi connectivity index (χ0) is 33.4. The van der Waals surface area contributed by atoms with E-state index in [-0.39, 0.29) is 57.9 Å². The number of nitrogens with zero attached hydrogens (tertiary/aromatic N) is 2. The SMILES string of the molecule is O=C(COc1ccc(Cl)cc1[C@H]1c2sc(=O)[nH]c2SC2C1[C@H]1C[C@@H]2C2C(=O)N(c3ccc([N+](=O)[O-])cc3)C(=O)C21)Nc1ccc(Cl)cc1. The molecular formula is C33H24Cl2N4O7S2. The van der Waals surface area contributed by atoms with E-state index in [1.165, 1.54) is 29.2 Å². The summed E-state index contributed by atoms with van der Waals surface area (Å²) in [7, 11) is 0. The van der Waals surface area contributed by atoms with Crippen molar-refractivity contribution in [2.24, 2.45) is 29.6 Å². The van der Waals surface area contributed by atoms with E-state index in [1.54, 1.807) is 54.2 Å². The summed E-state index contributed by atoms with van der Waals surface area (Å²) in [6.07, 6.45) is 0.666. The molecule has 3 fully saturated rings. The van der Waals surface area contributed by atoms with Crippen molar-refractivity contribution in [1.82, 2.24) is 4.98 Å². The maximum Gasteiger partial charge on any atom is 0.305 e. The number of non-ortho nitro benzene ring substituents is 1. The fourth-order valence-electron chi connectivity index (χ4n) is 8.11. The van der Waals surface area contributed by atoms with Crippen LogP contribution in [0.3, 0.4) is 0 Å². The number of imide groups is 1. The van der Waals surface area contributed by atoms with Crippen LogP contribution in [-0.4, -0.2) is 39.5 Å². The Morgan fingerprint density at radius 1 is 0.979 bits per heavy atom. The number of H-pyrrole nitrogens is 1. The Hall–Kier alpha value is -4.17. The third-order valence-electron chi connectivity index (χ3n) is 9.84. The first-order valence-corrected chi connectivity index (χ1v) is 17.5. The summed E-state index contributed by atoms with van der Waals surface area (Å²) in [4.78, 5) is 69.0. The molecule has 2 aliphatic heterocycles. The number of anilines is 2. The minimum atomic E-state index is -0.576. The third kappa shape index (κ3) is 5.02. The van der Waals surface area contributed by atoms with Crippen LogP contribution in [0.4, 0.5) is 17.1 Å². The number of thioether (sulfide) groups is 1. The first-order valence-electron chi connectivity index (χ1n) is 15.1. The molecule has 15 heteroatoms. The predicted molar refractivity (Wildman–Crippen MR) is 181 cm³/mol. The zero-order valence-electron chi connectivity index (χ0n) is 24.6. The van der Waals surface area contributed by atoms with Crippen LogP contribution in [0.5, 0.6) is 5.75 Å². The fraction of sp³-hybridized carbons (Fsp3) is 0.273. The van der Waals surface area contributed by atoms with Crippen LogP contribution in [0.15, 0.2) is 76.6 Å². The lowest BCUT2D eigenvalue weighted by atomic mass is 9.68. The highest BCUT2D eigenvalue weighted by Crippen LogP contribution is 2.69. The number of nitrogens with one attached hydrogen (secondary N) is 2. The Bertz CT molecular complexity index is 2070. The lowest BCUT2D eigenvalue weighted by Crippen LogP contribution is -2.42. The van der Waals surface area contributed by atoms with Gasteiger partial charge in [-0.25, -0.2) is 0 Å². The number of hydrogen-bond acceptors (Lipinski definition) is 9. The predicted octanol–water partition coefficient (Wildman–Crippen LogP) is 6.35. The summed E-state index contributed by atoms with van der Waals surface area (Å²) >= 11 is 15.2. The Balaban J connectivity index is 1.13. The minimum Gasteiger partial charge on any atom is -0.483 e. The topological polar surface area (TPSA) is 152 Å². The van der Waals surface area contributed by atoms with Crippen LogP contribution in [0.2, 0.25) is 10.0 Å². The van der Waals surface area contributed by atoms with Gasteiger partial charge in [-0.3, -0.25) is 34.2 Å². The largest absolute Gasteiger partial charge is 0.483 e. The van der Waals surface area contributed by atoms with Gasteiger partial charge in [-0.1, -0.05) is 34.5 Å². The first-order chi connectivity index (χ1) is 23.1. The molecule has 1 saturated heterocycles. The van der Waals surface area contributed by atoms with Gasteiger partial charge in [0.1, 0.15) is 5.75 Å². The lowest BCUT2D eigenvalue weighted by Gasteiger charge is -2.43. The molecule has 3 amide bonds. The molecule has 2 saturated carbocycles. The average Bonchev–Trinajstić information content (AvgIpc) is 3.80. The van der Waals surface area contributed by atoms with Crippen molar-refractivity contribution < 1.29 is 24.0 Å². The van der Waals surface area contributed by atoms with Crippen LogP contribution in [0.1, 0.15) is 22.8 Å². The van der Waals surface area contributed by atoms with Crippen LogP contribution >= 0.6 is 46.3 Å². The van der Waals surface area contributed by atoms with Gasteiger partial charge in [0, 0.05) is 49.5 Å². The Labute approximate surface area is 290 Å². The fourth-order valence-corrected chi connectivity index (χ4v) is 11.3. The molecule has 11 nitrogen and oxygen atoms in total. The highest BCUT2D eigenvalue weighted by Gasteiger charge is 2.70. The highest BCUT2D eigenvalue weighted by molar-refractivity contribution is 8.00. The molecule has 2 N–H and O–H groups in total. The number of rotatable bonds is 7. The van der Waals surface area contributed by atoms with Crippen molar-refractivity contribution in [2.75, 3.05) is 16.8 Å². The number of hydrogen-bond donors (Lipinski definition) is 2. The number of nitro groups is 1. The first kappa shape index (κ1) is 31.1. The minimum absolute atomic E-state index is 0.0902. The van der Waals surface area contributed by atoms with Crippen LogP contribution in [-0.2, 0) is 14.4 Å². The van der Waals surface area contributed by atoms with Gasteiger partial charge in [0.05, 0.1) is 27.5 Å². The van der Waals surface area contributed by atoms with Crippen molar-refractivity contribution in [3.05, 3.63) is 107 Å². The number of carbonyl (C=O) groups excluding carboxylic acids is 3. The van der Waals surface area contributed by atoms with E-state index in [0.29, 0.717) is 39.2 Å². The normalized spacial score (nSPS) is 26.6. The quantitative estimate of drug-likeness (QED) is 0.127. The molecule has 3 aromatic carbocycles. The molecule has 0 radical (unpaired) electrons. The summed E-state index contributed by atoms with van der Waals surface area (Å²) in [6, 6.07) is 17.3. The van der Waals surface area contributed by atoms with Gasteiger partial charge in [-0.2, -0.15) is 0 Å². The van der Waals surface area contributed by atoms with E-state index in [0.717, 1.165) is 21.2 Å². The molecule has 2 bridgehead atoms. The second-order valence-electron chi connectivity index (χ2n) is 12.3. The Morgan fingerprint density at radius 3 is 2.38 bits per heavy atom. The van der Waals surface area contributed by atoms with Crippen molar-refractivity contribution >= 4 is 81.1 Å². The van der Waals surface area contributed by atoms with Crippen LogP contribution in [0.25, 0.3) is 0 Å². The molecule has 8 rings (SSSR count). The number of fused-ring (bicyclic) bond motifs is 9. The molecule has 4 unspecified atom stereocenters. The lowest BCUT2D eigenvalue weighted by molar-refractivity contribution is -0.384. The van der Waals surface area contributed by atoms with Crippen molar-refractivity contribution in [3.63, 3.8) is 0 Å². The van der Waals surface area contributed by atoms with Gasteiger partial charge in [0.2, 0.25) is 11.8 Å². The number of ether oxygens (including phenoxy) is 1. The molecule has 2 aliphatic carbocycles. The molecule has 3 heterocycles. The molecular weight excluding hydrogens is 699 g/mol. The van der Waals surface area contributed by atoms with E-state index in [2.05, 4.69) is 10.3 Å². The van der Waals surface area contributed by atoms with Gasteiger partial charge in [0.25, 0.3) is 11.6 Å². The summed E-state index contributed by atoms with van der Waals surface area (Å²) in [5.41, 5.74) is 1.43. The summed E-state index contributed by atoms with van der Waals surface area (Å²) < 4.78 is 6.12.